The highest BCUT2D eigenvalue weighted by Gasteiger charge is 2.49. The summed E-state index contributed by atoms with van der Waals surface area (Å²) in [7, 11) is 0. The topological polar surface area (TPSA) is 0 Å². The Labute approximate surface area is 104 Å². The predicted octanol–water partition coefficient (Wildman–Crippen LogP) is 4.46. The lowest BCUT2D eigenvalue weighted by molar-refractivity contribution is 0.0411. The van der Waals surface area contributed by atoms with E-state index in [1.165, 1.54) is 18.2 Å². The van der Waals surface area contributed by atoms with Crippen molar-refractivity contribution in [1.82, 2.24) is 0 Å². The first kappa shape index (κ1) is 12.1. The summed E-state index contributed by atoms with van der Waals surface area (Å²) >= 11 is 1.11. The van der Waals surface area contributed by atoms with Crippen molar-refractivity contribution in [2.24, 2.45) is 0 Å². The normalized spacial score (nSPS) is 25.8. The zero-order valence-corrected chi connectivity index (χ0v) is 9.96. The quantitative estimate of drug-likeness (QED) is 0.713. The van der Waals surface area contributed by atoms with E-state index in [1.54, 1.807) is 6.08 Å². The molecule has 1 aromatic carbocycles. The van der Waals surface area contributed by atoms with Gasteiger partial charge in [-0.2, -0.15) is 8.78 Å². The van der Waals surface area contributed by atoms with Crippen molar-refractivity contribution in [3.8, 4) is 0 Å². The second-order valence-electron chi connectivity index (χ2n) is 3.75. The third kappa shape index (κ3) is 2.20. The first-order valence-electron chi connectivity index (χ1n) is 5.22. The standard InChI is InChI=1S/C14H12F2S/c1-2-13(10-6-7-11-14(13,15)16)17-12-8-4-3-5-9-12/h2-11H,1H2. The molecular formula is C14H12F2S. The van der Waals surface area contributed by atoms with Crippen LogP contribution in [0.3, 0.4) is 0 Å². The third-order valence-electron chi connectivity index (χ3n) is 2.61. The highest BCUT2D eigenvalue weighted by molar-refractivity contribution is 8.01. The van der Waals surface area contributed by atoms with Gasteiger partial charge >= 0.3 is 0 Å². The Kier molecular flexibility index (Phi) is 3.20. The van der Waals surface area contributed by atoms with Gasteiger partial charge in [-0.3, -0.25) is 0 Å². The first-order valence-corrected chi connectivity index (χ1v) is 6.04. The predicted molar refractivity (Wildman–Crippen MR) is 68.5 cm³/mol. The van der Waals surface area contributed by atoms with Crippen LogP contribution in [0.4, 0.5) is 8.78 Å². The van der Waals surface area contributed by atoms with Crippen molar-refractivity contribution in [3.63, 3.8) is 0 Å². The fourth-order valence-corrected chi connectivity index (χ4v) is 2.76. The smallest absolute Gasteiger partial charge is 0.200 e. The number of hydrogen-bond acceptors (Lipinski definition) is 1. The van der Waals surface area contributed by atoms with Crippen molar-refractivity contribution in [2.75, 3.05) is 0 Å². The Morgan fingerprint density at radius 1 is 1.06 bits per heavy atom. The highest BCUT2D eigenvalue weighted by atomic mass is 32.2. The van der Waals surface area contributed by atoms with E-state index in [-0.39, 0.29) is 0 Å². The fraction of sp³-hybridized carbons (Fsp3) is 0.143. The summed E-state index contributed by atoms with van der Waals surface area (Å²) in [5, 5.41) is 0. The molecule has 0 nitrogen and oxygen atoms in total. The fourth-order valence-electron chi connectivity index (χ4n) is 1.65. The summed E-state index contributed by atoms with van der Waals surface area (Å²) in [4.78, 5) is 0.798. The lowest BCUT2D eigenvalue weighted by atomic mass is 9.95. The van der Waals surface area contributed by atoms with Crippen LogP contribution in [0.25, 0.3) is 0 Å². The van der Waals surface area contributed by atoms with Gasteiger partial charge in [-0.1, -0.05) is 42.5 Å². The average Bonchev–Trinajstić information content (AvgIpc) is 2.33. The largest absolute Gasteiger partial charge is 0.288 e. The molecule has 0 N–H and O–H groups in total. The molecule has 0 spiro atoms. The molecule has 0 aromatic heterocycles. The molecule has 1 unspecified atom stereocenters. The van der Waals surface area contributed by atoms with Crippen molar-refractivity contribution in [1.29, 1.82) is 0 Å². The number of allylic oxidation sites excluding steroid dienone is 3. The van der Waals surface area contributed by atoms with Crippen LogP contribution in [0.2, 0.25) is 0 Å². The average molecular weight is 250 g/mol. The Bertz CT molecular complexity index is 462. The molecule has 2 rings (SSSR count). The summed E-state index contributed by atoms with van der Waals surface area (Å²) in [6.45, 7) is 3.56. The van der Waals surface area contributed by atoms with E-state index < -0.39 is 10.7 Å². The molecule has 0 aliphatic heterocycles. The maximum atomic E-state index is 14.0. The van der Waals surface area contributed by atoms with E-state index in [9.17, 15) is 8.78 Å². The van der Waals surface area contributed by atoms with Crippen LogP contribution in [0.5, 0.6) is 0 Å². The monoisotopic (exact) mass is 250 g/mol. The van der Waals surface area contributed by atoms with Gasteiger partial charge in [-0.05, 0) is 18.2 Å². The van der Waals surface area contributed by atoms with Gasteiger partial charge in [-0.25, -0.2) is 0 Å². The van der Waals surface area contributed by atoms with Gasteiger partial charge in [0.2, 0.25) is 0 Å². The zero-order chi connectivity index (χ0) is 12.4. The molecule has 0 bridgehead atoms. The molecule has 1 aliphatic carbocycles. The number of thioether (sulfide) groups is 1. The molecule has 88 valence electrons. The van der Waals surface area contributed by atoms with E-state index in [0.29, 0.717) is 0 Å². The molecule has 1 aromatic rings. The van der Waals surface area contributed by atoms with E-state index in [1.807, 2.05) is 30.3 Å². The van der Waals surface area contributed by atoms with Crippen molar-refractivity contribution in [3.05, 3.63) is 67.3 Å². The number of rotatable bonds is 3. The molecule has 1 atom stereocenters. The maximum absolute atomic E-state index is 14.0. The summed E-state index contributed by atoms with van der Waals surface area (Å²) in [6, 6.07) is 9.16. The van der Waals surface area contributed by atoms with Crippen molar-refractivity contribution < 1.29 is 8.78 Å². The zero-order valence-electron chi connectivity index (χ0n) is 9.14. The Morgan fingerprint density at radius 3 is 2.29 bits per heavy atom. The Balaban J connectivity index is 2.36. The molecule has 0 amide bonds. The molecule has 0 fully saturated rings. The molecule has 3 heteroatoms. The van der Waals surface area contributed by atoms with Gasteiger partial charge in [0.15, 0.2) is 0 Å². The minimum atomic E-state index is -2.93. The third-order valence-corrected chi connectivity index (χ3v) is 4.04. The Hall–Kier alpha value is -1.35. The lowest BCUT2D eigenvalue weighted by Gasteiger charge is -2.34. The minimum Gasteiger partial charge on any atom is -0.200 e. The van der Waals surface area contributed by atoms with Crippen LogP contribution < -0.4 is 0 Å². The SMILES string of the molecule is C=CC1(Sc2ccccc2)C=CC=CC1(F)F. The van der Waals surface area contributed by atoms with Crippen LogP contribution in [-0.4, -0.2) is 10.7 Å². The molecule has 0 saturated heterocycles. The van der Waals surface area contributed by atoms with E-state index in [4.69, 9.17) is 0 Å². The van der Waals surface area contributed by atoms with Crippen LogP contribution in [0.1, 0.15) is 0 Å². The lowest BCUT2D eigenvalue weighted by Crippen LogP contribution is -2.41. The molecule has 0 heterocycles. The molecule has 1 aliphatic rings. The van der Waals surface area contributed by atoms with E-state index in [2.05, 4.69) is 6.58 Å². The summed E-state index contributed by atoms with van der Waals surface area (Å²) in [6.07, 6.45) is 6.73. The maximum Gasteiger partial charge on any atom is 0.288 e. The van der Waals surface area contributed by atoms with Gasteiger partial charge in [0.1, 0.15) is 4.75 Å². The second-order valence-corrected chi connectivity index (χ2v) is 5.10. The molecule has 0 saturated carbocycles. The highest BCUT2D eigenvalue weighted by Crippen LogP contribution is 2.48. The van der Waals surface area contributed by atoms with Crippen LogP contribution in [0, 0.1) is 0 Å². The molecular weight excluding hydrogens is 238 g/mol. The molecule has 0 radical (unpaired) electrons. The summed E-state index contributed by atoms with van der Waals surface area (Å²) in [5.74, 6) is -2.93. The van der Waals surface area contributed by atoms with E-state index in [0.717, 1.165) is 22.7 Å². The second kappa shape index (κ2) is 4.49. The van der Waals surface area contributed by atoms with Crippen molar-refractivity contribution in [2.45, 2.75) is 15.6 Å². The number of benzene rings is 1. The van der Waals surface area contributed by atoms with Gasteiger partial charge < -0.3 is 0 Å². The van der Waals surface area contributed by atoms with Crippen LogP contribution in [-0.2, 0) is 0 Å². The number of halogens is 2. The molecule has 17 heavy (non-hydrogen) atoms. The summed E-state index contributed by atoms with van der Waals surface area (Å²) < 4.78 is 26.6. The minimum absolute atomic E-state index is 0.798. The Morgan fingerprint density at radius 2 is 1.71 bits per heavy atom. The van der Waals surface area contributed by atoms with Gasteiger partial charge in [-0.15, -0.1) is 18.3 Å². The van der Waals surface area contributed by atoms with Gasteiger partial charge in [0.05, 0.1) is 0 Å². The van der Waals surface area contributed by atoms with E-state index >= 15 is 0 Å². The number of hydrogen-bond donors (Lipinski definition) is 0. The van der Waals surface area contributed by atoms with Crippen LogP contribution >= 0.6 is 11.8 Å². The first-order chi connectivity index (χ1) is 8.10. The van der Waals surface area contributed by atoms with Crippen molar-refractivity contribution >= 4 is 11.8 Å². The van der Waals surface area contributed by atoms with Gasteiger partial charge in [0, 0.05) is 4.90 Å². The number of alkyl halides is 2. The summed E-state index contributed by atoms with van der Waals surface area (Å²) in [5.41, 5.74) is 0. The van der Waals surface area contributed by atoms with Gasteiger partial charge in [0.25, 0.3) is 5.92 Å². The van der Waals surface area contributed by atoms with Crippen LogP contribution in [0.15, 0.2) is 72.2 Å².